The predicted octanol–water partition coefficient (Wildman–Crippen LogP) is 3.44. The Morgan fingerprint density at radius 2 is 1.76 bits per heavy atom. The summed E-state index contributed by atoms with van der Waals surface area (Å²) in [6.45, 7) is 0. The molecule has 0 atom stereocenters. The van der Waals surface area contributed by atoms with Gasteiger partial charge in [0, 0.05) is 17.5 Å². The van der Waals surface area contributed by atoms with Gasteiger partial charge in [-0.1, -0.05) is 0 Å². The van der Waals surface area contributed by atoms with Crippen LogP contribution in [0, 0.1) is 10.1 Å². The maximum absolute atomic E-state index is 11.0. The molecule has 0 aliphatic heterocycles. The molecule has 1 heterocycles. The van der Waals surface area contributed by atoms with E-state index in [9.17, 15) is 23.6 Å². The third-order valence-corrected chi connectivity index (χ3v) is 4.21. The Balaban J connectivity index is 1.99. The van der Waals surface area contributed by atoms with Crippen LogP contribution >= 0.6 is 0 Å². The fourth-order valence-corrected chi connectivity index (χ4v) is 2.64. The van der Waals surface area contributed by atoms with Crippen LogP contribution in [0.5, 0.6) is 5.88 Å². The molecule has 0 bridgehead atoms. The summed E-state index contributed by atoms with van der Waals surface area (Å²) < 4.78 is 30.9. The number of nitrogens with zero attached hydrogens (tertiary/aromatic N) is 3. The van der Waals surface area contributed by atoms with E-state index in [1.54, 1.807) is 0 Å². The largest absolute Gasteiger partial charge is 0.493 e. The maximum atomic E-state index is 11.0. The first-order valence-electron chi connectivity index (χ1n) is 6.74. The molecule has 25 heavy (non-hydrogen) atoms. The van der Waals surface area contributed by atoms with Crippen molar-refractivity contribution >= 4 is 38.1 Å². The van der Waals surface area contributed by atoms with E-state index in [4.69, 9.17) is 4.55 Å². The Hall–Kier alpha value is -3.31. The zero-order valence-corrected chi connectivity index (χ0v) is 13.1. The Bertz CT molecular complexity index is 1100. The lowest BCUT2D eigenvalue weighted by atomic mass is 10.2. The van der Waals surface area contributed by atoms with Crippen LogP contribution in [0.4, 0.5) is 17.1 Å². The van der Waals surface area contributed by atoms with Crippen LogP contribution in [0.1, 0.15) is 0 Å². The monoisotopic (exact) mass is 362 g/mol. The van der Waals surface area contributed by atoms with E-state index >= 15 is 0 Å². The number of non-ortho nitro benzene ring substituents is 1. The average molecular weight is 362 g/mol. The molecule has 0 saturated carbocycles. The number of nitro groups is 1. The molecule has 0 radical (unpaired) electrons. The van der Waals surface area contributed by atoms with Crippen molar-refractivity contribution in [1.29, 1.82) is 0 Å². The van der Waals surface area contributed by atoms with Crippen LogP contribution in [0.25, 0.3) is 10.9 Å². The molecule has 0 amide bonds. The minimum Gasteiger partial charge on any atom is -0.493 e. The Labute approximate surface area is 140 Å². The van der Waals surface area contributed by atoms with Crippen LogP contribution in [-0.4, -0.2) is 28.0 Å². The van der Waals surface area contributed by atoms with Crippen molar-refractivity contribution in [2.24, 2.45) is 10.2 Å². The van der Waals surface area contributed by atoms with Gasteiger partial charge in [-0.2, -0.15) is 13.5 Å². The maximum Gasteiger partial charge on any atom is 0.294 e. The molecule has 0 aliphatic rings. The fourth-order valence-electron chi connectivity index (χ4n) is 2.16. The van der Waals surface area contributed by atoms with Gasteiger partial charge in [0.15, 0.2) is 5.69 Å². The van der Waals surface area contributed by atoms with Gasteiger partial charge in [-0.05, 0) is 30.3 Å². The molecule has 0 unspecified atom stereocenters. The van der Waals surface area contributed by atoms with Gasteiger partial charge >= 0.3 is 0 Å². The van der Waals surface area contributed by atoms with Crippen molar-refractivity contribution in [1.82, 2.24) is 4.98 Å². The highest BCUT2D eigenvalue weighted by Gasteiger charge is 2.15. The van der Waals surface area contributed by atoms with Crippen molar-refractivity contribution < 1.29 is 23.0 Å². The SMILES string of the molecule is O=[N+]([O-])c1ccc2[nH]c(O)c(N=Nc3ccc(S(=O)(=O)O)cc3)c2c1. The second-order valence-corrected chi connectivity index (χ2v) is 6.40. The van der Waals surface area contributed by atoms with Gasteiger partial charge in [-0.3, -0.25) is 14.7 Å². The normalized spacial score (nSPS) is 12.0. The van der Waals surface area contributed by atoms with E-state index in [0.29, 0.717) is 10.9 Å². The van der Waals surface area contributed by atoms with Gasteiger partial charge in [0.25, 0.3) is 15.8 Å². The lowest BCUT2D eigenvalue weighted by molar-refractivity contribution is -0.384. The molecule has 0 saturated heterocycles. The van der Waals surface area contributed by atoms with E-state index in [-0.39, 0.29) is 27.8 Å². The Morgan fingerprint density at radius 1 is 1.08 bits per heavy atom. The standard InChI is InChI=1S/C14H10N4O6S/c19-14-13(11-7-9(18(20)21)3-6-12(11)15-14)17-16-8-1-4-10(5-2-8)25(22,23)24/h1-7,15,19H,(H,22,23,24). The van der Waals surface area contributed by atoms with Crippen molar-refractivity contribution in [2.75, 3.05) is 0 Å². The summed E-state index contributed by atoms with van der Waals surface area (Å²) in [7, 11) is -4.31. The molecule has 128 valence electrons. The van der Waals surface area contributed by atoms with Crippen LogP contribution < -0.4 is 0 Å². The highest BCUT2D eigenvalue weighted by atomic mass is 32.2. The lowest BCUT2D eigenvalue weighted by Crippen LogP contribution is -1.96. The van der Waals surface area contributed by atoms with Crippen molar-refractivity contribution in [3.63, 3.8) is 0 Å². The summed E-state index contributed by atoms with van der Waals surface area (Å²) in [5, 5.41) is 28.8. The fraction of sp³-hybridized carbons (Fsp3) is 0. The lowest BCUT2D eigenvalue weighted by Gasteiger charge is -1.97. The highest BCUT2D eigenvalue weighted by Crippen LogP contribution is 2.38. The van der Waals surface area contributed by atoms with Crippen molar-refractivity contribution in [3.8, 4) is 5.88 Å². The highest BCUT2D eigenvalue weighted by molar-refractivity contribution is 7.85. The molecule has 1 aromatic heterocycles. The van der Waals surface area contributed by atoms with Gasteiger partial charge in [-0.25, -0.2) is 0 Å². The van der Waals surface area contributed by atoms with Crippen molar-refractivity contribution in [2.45, 2.75) is 4.90 Å². The summed E-state index contributed by atoms with van der Waals surface area (Å²) in [5.41, 5.74) is 0.545. The van der Waals surface area contributed by atoms with E-state index in [1.165, 1.54) is 30.3 Å². The number of H-pyrrole nitrogens is 1. The summed E-state index contributed by atoms with van der Waals surface area (Å²) in [6.07, 6.45) is 0. The molecule has 0 aliphatic carbocycles. The summed E-state index contributed by atoms with van der Waals surface area (Å²) in [6, 6.07) is 8.87. The Kier molecular flexibility index (Phi) is 3.94. The van der Waals surface area contributed by atoms with Gasteiger partial charge < -0.3 is 10.1 Å². The molecular formula is C14H10N4O6S. The summed E-state index contributed by atoms with van der Waals surface area (Å²) >= 11 is 0. The van der Waals surface area contributed by atoms with Gasteiger partial charge in [0.2, 0.25) is 5.88 Å². The van der Waals surface area contributed by atoms with Crippen LogP contribution in [0.2, 0.25) is 0 Å². The quantitative estimate of drug-likeness (QED) is 0.279. The number of fused-ring (bicyclic) bond motifs is 1. The molecule has 3 N–H and O–H groups in total. The third-order valence-electron chi connectivity index (χ3n) is 3.35. The zero-order valence-electron chi connectivity index (χ0n) is 12.3. The van der Waals surface area contributed by atoms with Crippen LogP contribution in [0.3, 0.4) is 0 Å². The molecule has 3 aromatic rings. The molecule has 3 rings (SSSR count). The average Bonchev–Trinajstić information content (AvgIpc) is 2.87. The Morgan fingerprint density at radius 3 is 2.36 bits per heavy atom. The number of nitrogens with one attached hydrogen (secondary N) is 1. The van der Waals surface area contributed by atoms with Gasteiger partial charge in [0.1, 0.15) is 0 Å². The van der Waals surface area contributed by atoms with Gasteiger partial charge in [-0.15, -0.1) is 5.11 Å². The van der Waals surface area contributed by atoms with E-state index in [1.807, 2.05) is 0 Å². The smallest absolute Gasteiger partial charge is 0.294 e. The first kappa shape index (κ1) is 16.5. The number of hydrogen-bond donors (Lipinski definition) is 3. The topological polar surface area (TPSA) is 158 Å². The van der Waals surface area contributed by atoms with E-state index in [2.05, 4.69) is 15.2 Å². The number of aromatic nitrogens is 1. The second kappa shape index (κ2) is 5.96. The molecule has 11 heteroatoms. The first-order chi connectivity index (χ1) is 11.8. The summed E-state index contributed by atoms with van der Waals surface area (Å²) in [4.78, 5) is 12.6. The van der Waals surface area contributed by atoms with E-state index in [0.717, 1.165) is 12.1 Å². The number of benzene rings is 2. The van der Waals surface area contributed by atoms with Crippen molar-refractivity contribution in [3.05, 3.63) is 52.6 Å². The minimum absolute atomic E-state index is 0.0116. The second-order valence-electron chi connectivity index (χ2n) is 4.98. The van der Waals surface area contributed by atoms with Crippen LogP contribution in [-0.2, 0) is 10.1 Å². The summed E-state index contributed by atoms with van der Waals surface area (Å²) in [5.74, 6) is -0.311. The molecule has 0 spiro atoms. The molecule has 10 nitrogen and oxygen atoms in total. The van der Waals surface area contributed by atoms with Crippen LogP contribution in [0.15, 0.2) is 57.6 Å². The number of aromatic amines is 1. The number of aromatic hydroxyl groups is 1. The zero-order chi connectivity index (χ0) is 18.2. The first-order valence-corrected chi connectivity index (χ1v) is 8.18. The molecule has 0 fully saturated rings. The van der Waals surface area contributed by atoms with Gasteiger partial charge in [0.05, 0.1) is 21.0 Å². The van der Waals surface area contributed by atoms with E-state index < -0.39 is 15.0 Å². The third kappa shape index (κ3) is 3.32. The number of rotatable bonds is 4. The molecule has 2 aromatic carbocycles. The minimum atomic E-state index is -4.31. The number of nitro benzene ring substituents is 1. The molecular weight excluding hydrogens is 352 g/mol. The number of hydrogen-bond acceptors (Lipinski definition) is 7. The number of azo groups is 1. The predicted molar refractivity (Wildman–Crippen MR) is 87.1 cm³/mol.